The van der Waals surface area contributed by atoms with Gasteiger partial charge in [0, 0.05) is 17.2 Å². The molecule has 0 atom stereocenters. The van der Waals surface area contributed by atoms with Crippen LogP contribution in [0, 0.1) is 0 Å². The maximum atomic E-state index is 12.2. The first kappa shape index (κ1) is 14.0. The van der Waals surface area contributed by atoms with Gasteiger partial charge in [0.15, 0.2) is 0 Å². The summed E-state index contributed by atoms with van der Waals surface area (Å²) < 4.78 is 2.76. The highest BCUT2D eigenvalue weighted by molar-refractivity contribution is 9.10. The topological polar surface area (TPSA) is 55.2 Å². The van der Waals surface area contributed by atoms with Crippen LogP contribution in [-0.4, -0.2) is 21.2 Å². The van der Waals surface area contributed by atoms with Crippen LogP contribution in [0.3, 0.4) is 0 Å². The number of hydrogen-bond donors (Lipinski definition) is 0. The molecule has 0 N–H and O–H groups in total. The van der Waals surface area contributed by atoms with E-state index in [2.05, 4.69) is 27.8 Å². The number of para-hydroxylation sites is 1. The Hall–Kier alpha value is -1.95. The number of rotatable bonds is 4. The molecular weight excluding hydrogens is 334 g/mol. The normalized spacial score (nSPS) is 13.9. The van der Waals surface area contributed by atoms with Gasteiger partial charge in [-0.2, -0.15) is 0 Å². The molecule has 108 valence electrons. The Morgan fingerprint density at radius 3 is 2.86 bits per heavy atom. The lowest BCUT2D eigenvalue weighted by Gasteiger charge is -2.18. The molecular formula is C15H14BrN3O2. The molecule has 0 unspecified atom stereocenters. The monoisotopic (exact) mass is 347 g/mol. The fourth-order valence-corrected chi connectivity index (χ4v) is 3.13. The van der Waals surface area contributed by atoms with Crippen LogP contribution in [0.5, 0.6) is 0 Å². The molecule has 5 nitrogen and oxygen atoms in total. The molecule has 0 bridgehead atoms. The van der Waals surface area contributed by atoms with Gasteiger partial charge in [0.1, 0.15) is 0 Å². The van der Waals surface area contributed by atoms with Crippen molar-refractivity contribution in [1.29, 1.82) is 0 Å². The van der Waals surface area contributed by atoms with Gasteiger partial charge >= 0.3 is 0 Å². The van der Waals surface area contributed by atoms with Crippen LogP contribution in [0.25, 0.3) is 0 Å². The Balaban J connectivity index is 1.98. The third kappa shape index (κ3) is 2.29. The number of ketones is 1. The van der Waals surface area contributed by atoms with Crippen molar-refractivity contribution in [3.05, 3.63) is 46.5 Å². The molecule has 0 saturated carbocycles. The van der Waals surface area contributed by atoms with Gasteiger partial charge in [0.2, 0.25) is 0 Å². The van der Waals surface area contributed by atoms with Crippen LogP contribution < -0.4 is 4.90 Å². The van der Waals surface area contributed by atoms with E-state index in [1.807, 2.05) is 10.6 Å². The van der Waals surface area contributed by atoms with Crippen molar-refractivity contribution in [3.8, 4) is 0 Å². The first-order valence-corrected chi connectivity index (χ1v) is 7.56. The molecule has 3 rings (SSSR count). The molecule has 1 aromatic heterocycles. The summed E-state index contributed by atoms with van der Waals surface area (Å²) in [5.41, 5.74) is 2.02. The molecule has 1 aromatic carbocycles. The van der Waals surface area contributed by atoms with E-state index in [9.17, 15) is 9.59 Å². The second kappa shape index (κ2) is 5.44. The van der Waals surface area contributed by atoms with Crippen LogP contribution >= 0.6 is 15.9 Å². The standard InChI is InChI=1S/C15H14BrN3O2/c1-2-6-18-9-17-7-10(18)8-19-13-11(14(20)15(19)21)4-3-5-12(13)16/h3-5,7,9H,2,6,8H2,1H3. The lowest BCUT2D eigenvalue weighted by atomic mass is 10.1. The van der Waals surface area contributed by atoms with Gasteiger partial charge in [-0.05, 0) is 34.5 Å². The van der Waals surface area contributed by atoms with Gasteiger partial charge in [0.25, 0.3) is 11.7 Å². The van der Waals surface area contributed by atoms with Crippen molar-refractivity contribution in [2.45, 2.75) is 26.4 Å². The highest BCUT2D eigenvalue weighted by atomic mass is 79.9. The van der Waals surface area contributed by atoms with E-state index < -0.39 is 11.7 Å². The van der Waals surface area contributed by atoms with Gasteiger partial charge in [0.05, 0.1) is 29.8 Å². The fourth-order valence-electron chi connectivity index (χ4n) is 2.55. The van der Waals surface area contributed by atoms with E-state index in [-0.39, 0.29) is 0 Å². The van der Waals surface area contributed by atoms with Gasteiger partial charge in [-0.15, -0.1) is 0 Å². The third-order valence-corrected chi connectivity index (χ3v) is 4.16. The molecule has 1 amide bonds. The summed E-state index contributed by atoms with van der Waals surface area (Å²) in [6.07, 6.45) is 4.47. The minimum absolute atomic E-state index is 0.347. The number of aryl methyl sites for hydroxylation is 1. The predicted molar refractivity (Wildman–Crippen MR) is 82.2 cm³/mol. The number of hydrogen-bond acceptors (Lipinski definition) is 3. The maximum absolute atomic E-state index is 12.2. The maximum Gasteiger partial charge on any atom is 0.299 e. The van der Waals surface area contributed by atoms with E-state index in [0.29, 0.717) is 17.8 Å². The number of anilines is 1. The highest BCUT2D eigenvalue weighted by Crippen LogP contribution is 2.36. The number of fused-ring (bicyclic) bond motifs is 1. The molecule has 6 heteroatoms. The van der Waals surface area contributed by atoms with Crippen LogP contribution in [-0.2, 0) is 17.9 Å². The number of Topliss-reactive ketones (excluding diaryl/α,β-unsaturated/α-hetero) is 1. The molecule has 21 heavy (non-hydrogen) atoms. The van der Waals surface area contributed by atoms with Gasteiger partial charge < -0.3 is 4.57 Å². The third-order valence-electron chi connectivity index (χ3n) is 3.52. The molecule has 1 aliphatic heterocycles. The van der Waals surface area contributed by atoms with Crippen molar-refractivity contribution < 1.29 is 9.59 Å². The van der Waals surface area contributed by atoms with Crippen molar-refractivity contribution in [2.75, 3.05) is 4.90 Å². The van der Waals surface area contributed by atoms with Crippen molar-refractivity contribution in [3.63, 3.8) is 0 Å². The summed E-state index contributed by atoms with van der Waals surface area (Å²) >= 11 is 3.43. The number of aromatic nitrogens is 2. The van der Waals surface area contributed by atoms with E-state index in [0.717, 1.165) is 23.1 Å². The Labute approximate surface area is 130 Å². The van der Waals surface area contributed by atoms with E-state index in [1.165, 1.54) is 4.90 Å². The number of carbonyl (C=O) groups is 2. The Bertz CT molecular complexity index is 723. The average molecular weight is 348 g/mol. The largest absolute Gasteiger partial charge is 0.333 e. The molecule has 1 aliphatic rings. The molecule has 2 heterocycles. The highest BCUT2D eigenvalue weighted by Gasteiger charge is 2.37. The minimum atomic E-state index is -0.485. The number of nitrogens with zero attached hydrogens (tertiary/aromatic N) is 3. The molecule has 2 aromatic rings. The van der Waals surface area contributed by atoms with Crippen LogP contribution in [0.1, 0.15) is 29.4 Å². The van der Waals surface area contributed by atoms with Gasteiger partial charge in [-0.25, -0.2) is 4.98 Å². The molecule has 0 radical (unpaired) electrons. The molecule has 0 saturated heterocycles. The summed E-state index contributed by atoms with van der Waals surface area (Å²) in [5, 5.41) is 0. The fraction of sp³-hybridized carbons (Fsp3) is 0.267. The zero-order valence-electron chi connectivity index (χ0n) is 11.5. The first-order chi connectivity index (χ1) is 10.1. The zero-order chi connectivity index (χ0) is 15.0. The predicted octanol–water partition coefficient (Wildman–Crippen LogP) is 2.79. The molecule has 0 fully saturated rings. The second-order valence-corrected chi connectivity index (χ2v) is 5.79. The van der Waals surface area contributed by atoms with Crippen molar-refractivity contribution in [1.82, 2.24) is 9.55 Å². The minimum Gasteiger partial charge on any atom is -0.333 e. The molecule has 0 aliphatic carbocycles. The van der Waals surface area contributed by atoms with E-state index in [4.69, 9.17) is 0 Å². The number of halogens is 1. The molecule has 0 spiro atoms. The zero-order valence-corrected chi connectivity index (χ0v) is 13.1. The SMILES string of the molecule is CCCn1cncc1CN1C(=O)C(=O)c2cccc(Br)c21. The number of carbonyl (C=O) groups excluding carboxylic acids is 2. The second-order valence-electron chi connectivity index (χ2n) is 4.93. The Morgan fingerprint density at radius 2 is 2.10 bits per heavy atom. The van der Waals surface area contributed by atoms with Crippen molar-refractivity contribution in [2.24, 2.45) is 0 Å². The summed E-state index contributed by atoms with van der Waals surface area (Å²) in [4.78, 5) is 30.0. The van der Waals surface area contributed by atoms with E-state index in [1.54, 1.807) is 24.7 Å². The average Bonchev–Trinajstić information content (AvgIpc) is 3.00. The van der Waals surface area contributed by atoms with Crippen LogP contribution in [0.15, 0.2) is 35.2 Å². The van der Waals surface area contributed by atoms with Crippen LogP contribution in [0.2, 0.25) is 0 Å². The lowest BCUT2D eigenvalue weighted by molar-refractivity contribution is -0.114. The number of imidazole rings is 1. The van der Waals surface area contributed by atoms with Crippen LogP contribution in [0.4, 0.5) is 5.69 Å². The number of amides is 1. The summed E-state index contributed by atoms with van der Waals surface area (Å²) in [6, 6.07) is 5.28. The Kier molecular flexibility index (Phi) is 3.63. The summed E-state index contributed by atoms with van der Waals surface area (Å²) in [7, 11) is 0. The quantitative estimate of drug-likeness (QED) is 0.799. The summed E-state index contributed by atoms with van der Waals surface area (Å²) in [6.45, 7) is 3.27. The van der Waals surface area contributed by atoms with Gasteiger partial charge in [-0.1, -0.05) is 13.0 Å². The van der Waals surface area contributed by atoms with E-state index >= 15 is 0 Å². The smallest absolute Gasteiger partial charge is 0.299 e. The van der Waals surface area contributed by atoms with Gasteiger partial charge in [-0.3, -0.25) is 14.5 Å². The van der Waals surface area contributed by atoms with Crippen molar-refractivity contribution >= 4 is 33.3 Å². The first-order valence-electron chi connectivity index (χ1n) is 6.77. The lowest BCUT2D eigenvalue weighted by Crippen LogP contribution is -2.30. The number of benzene rings is 1. The summed E-state index contributed by atoms with van der Waals surface area (Å²) in [5.74, 6) is -0.936. The Morgan fingerprint density at radius 1 is 1.29 bits per heavy atom.